The smallest absolute Gasteiger partial charge is 0.0941 e. The van der Waals surface area contributed by atoms with Gasteiger partial charge in [0.1, 0.15) is 0 Å². The molecule has 1 aromatic heterocycles. The monoisotopic (exact) mass is 252 g/mol. The van der Waals surface area contributed by atoms with Crippen LogP contribution in [0, 0.1) is 0 Å². The Morgan fingerprint density at radius 2 is 2.06 bits per heavy atom. The fraction of sp³-hybridized carbons (Fsp3) is 0.333. The number of benzene rings is 1. The summed E-state index contributed by atoms with van der Waals surface area (Å²) in [5.74, 6) is 0. The number of nitrogens with zero attached hydrogens (tertiary/aromatic N) is 1. The average Bonchev–Trinajstić information content (AvgIpc) is 2.70. The maximum atomic E-state index is 6.08. The molecule has 0 unspecified atom stereocenters. The minimum Gasteiger partial charge on any atom is -0.368 e. The zero-order valence-electron chi connectivity index (χ0n) is 8.87. The molecule has 0 atom stereocenters. The second-order valence-corrected chi connectivity index (χ2v) is 5.69. The Bertz CT molecular complexity index is 503. The molecule has 1 fully saturated rings. The lowest BCUT2D eigenvalue weighted by Crippen LogP contribution is -2.43. The van der Waals surface area contributed by atoms with Gasteiger partial charge < -0.3 is 10.2 Å². The Labute approximate surface area is 104 Å². The van der Waals surface area contributed by atoms with E-state index in [9.17, 15) is 0 Å². The van der Waals surface area contributed by atoms with E-state index in [1.54, 1.807) is 11.3 Å². The van der Waals surface area contributed by atoms with Crippen molar-refractivity contribution in [3.8, 4) is 0 Å². The lowest BCUT2D eigenvalue weighted by Gasteiger charge is -2.30. The molecule has 1 saturated heterocycles. The first-order valence-corrected chi connectivity index (χ1v) is 6.68. The molecule has 2 aromatic rings. The molecule has 1 aromatic carbocycles. The van der Waals surface area contributed by atoms with Gasteiger partial charge in [0, 0.05) is 42.0 Å². The standard InChI is InChI=1S/C12H13ClN2S/c13-12-8-9-10(2-1-3-11(9)16-12)15-6-4-14-5-7-15/h1-3,8,14H,4-7H2. The SMILES string of the molecule is Clc1cc2c(N3CCNCC3)cccc2s1. The first kappa shape index (κ1) is 10.4. The summed E-state index contributed by atoms with van der Waals surface area (Å²) < 4.78 is 2.15. The summed E-state index contributed by atoms with van der Waals surface area (Å²) in [5, 5.41) is 4.66. The number of hydrogen-bond donors (Lipinski definition) is 1. The number of hydrogen-bond acceptors (Lipinski definition) is 3. The quantitative estimate of drug-likeness (QED) is 0.840. The normalized spacial score (nSPS) is 16.9. The molecule has 1 aliphatic rings. The van der Waals surface area contributed by atoms with Crippen LogP contribution in [-0.2, 0) is 0 Å². The van der Waals surface area contributed by atoms with Crippen LogP contribution in [0.3, 0.4) is 0 Å². The third-order valence-electron chi connectivity index (χ3n) is 2.97. The Balaban J connectivity index is 2.07. The van der Waals surface area contributed by atoms with Crippen molar-refractivity contribution in [1.29, 1.82) is 0 Å². The molecule has 2 heterocycles. The van der Waals surface area contributed by atoms with Gasteiger partial charge in [0.2, 0.25) is 0 Å². The molecule has 1 N–H and O–H groups in total. The van der Waals surface area contributed by atoms with Crippen molar-refractivity contribution < 1.29 is 0 Å². The maximum absolute atomic E-state index is 6.08. The molecule has 0 saturated carbocycles. The molecule has 0 radical (unpaired) electrons. The zero-order valence-corrected chi connectivity index (χ0v) is 10.4. The van der Waals surface area contributed by atoms with Gasteiger partial charge in [-0.3, -0.25) is 0 Å². The number of anilines is 1. The minimum absolute atomic E-state index is 0.873. The van der Waals surface area contributed by atoms with Gasteiger partial charge in [-0.05, 0) is 18.2 Å². The molecule has 1 aliphatic heterocycles. The predicted molar refractivity (Wildman–Crippen MR) is 71.9 cm³/mol. The Morgan fingerprint density at radius 3 is 2.88 bits per heavy atom. The molecule has 0 amide bonds. The molecule has 0 aliphatic carbocycles. The summed E-state index contributed by atoms with van der Waals surface area (Å²) in [6.45, 7) is 4.28. The van der Waals surface area contributed by atoms with Crippen LogP contribution in [0.2, 0.25) is 4.34 Å². The Morgan fingerprint density at radius 1 is 1.25 bits per heavy atom. The first-order valence-electron chi connectivity index (χ1n) is 5.48. The average molecular weight is 253 g/mol. The number of fused-ring (bicyclic) bond motifs is 1. The van der Waals surface area contributed by atoms with Crippen molar-refractivity contribution in [1.82, 2.24) is 5.32 Å². The van der Waals surface area contributed by atoms with Crippen molar-refractivity contribution in [3.63, 3.8) is 0 Å². The fourth-order valence-corrected chi connectivity index (χ4v) is 3.36. The highest BCUT2D eigenvalue weighted by Crippen LogP contribution is 2.35. The Kier molecular flexibility index (Phi) is 2.75. The van der Waals surface area contributed by atoms with Crippen LogP contribution in [-0.4, -0.2) is 26.2 Å². The lowest BCUT2D eigenvalue weighted by atomic mass is 10.2. The van der Waals surface area contributed by atoms with E-state index in [0.29, 0.717) is 0 Å². The van der Waals surface area contributed by atoms with E-state index < -0.39 is 0 Å². The summed E-state index contributed by atoms with van der Waals surface area (Å²) in [6, 6.07) is 8.53. The second-order valence-electron chi connectivity index (χ2n) is 3.98. The lowest BCUT2D eigenvalue weighted by molar-refractivity contribution is 0.590. The van der Waals surface area contributed by atoms with Crippen molar-refractivity contribution in [2.45, 2.75) is 0 Å². The summed E-state index contributed by atoms with van der Waals surface area (Å²) in [4.78, 5) is 2.43. The van der Waals surface area contributed by atoms with Crippen LogP contribution < -0.4 is 10.2 Å². The van der Waals surface area contributed by atoms with Gasteiger partial charge in [0.15, 0.2) is 0 Å². The van der Waals surface area contributed by atoms with Crippen LogP contribution in [0.4, 0.5) is 5.69 Å². The highest BCUT2D eigenvalue weighted by Gasteiger charge is 2.14. The van der Waals surface area contributed by atoms with Gasteiger partial charge in [0.05, 0.1) is 4.34 Å². The third kappa shape index (κ3) is 1.79. The Hall–Kier alpha value is -0.770. The summed E-state index contributed by atoms with van der Waals surface area (Å²) in [5.41, 5.74) is 1.32. The number of rotatable bonds is 1. The first-order chi connectivity index (χ1) is 7.84. The van der Waals surface area contributed by atoms with E-state index in [-0.39, 0.29) is 0 Å². The van der Waals surface area contributed by atoms with Gasteiger partial charge in [-0.2, -0.15) is 0 Å². The number of halogens is 1. The van der Waals surface area contributed by atoms with E-state index in [4.69, 9.17) is 11.6 Å². The minimum atomic E-state index is 0.873. The molecule has 84 valence electrons. The topological polar surface area (TPSA) is 15.3 Å². The van der Waals surface area contributed by atoms with Crippen molar-refractivity contribution >= 4 is 38.7 Å². The van der Waals surface area contributed by atoms with Crippen LogP contribution in [0.15, 0.2) is 24.3 Å². The third-order valence-corrected chi connectivity index (χ3v) is 4.20. The van der Waals surface area contributed by atoms with Crippen LogP contribution in [0.5, 0.6) is 0 Å². The van der Waals surface area contributed by atoms with E-state index in [0.717, 1.165) is 30.5 Å². The van der Waals surface area contributed by atoms with E-state index in [1.165, 1.54) is 15.8 Å². The summed E-state index contributed by atoms with van der Waals surface area (Å²) >= 11 is 7.74. The van der Waals surface area contributed by atoms with Gasteiger partial charge in [-0.1, -0.05) is 17.7 Å². The molecule has 0 bridgehead atoms. The fourth-order valence-electron chi connectivity index (χ4n) is 2.20. The van der Waals surface area contributed by atoms with Crippen LogP contribution in [0.1, 0.15) is 0 Å². The summed E-state index contributed by atoms with van der Waals surface area (Å²) in [6.07, 6.45) is 0. The van der Waals surface area contributed by atoms with E-state index >= 15 is 0 Å². The highest BCUT2D eigenvalue weighted by atomic mass is 35.5. The van der Waals surface area contributed by atoms with Crippen molar-refractivity contribution in [3.05, 3.63) is 28.6 Å². The number of piperazine rings is 1. The molecule has 0 spiro atoms. The van der Waals surface area contributed by atoms with Gasteiger partial charge >= 0.3 is 0 Å². The zero-order chi connectivity index (χ0) is 11.0. The molecular weight excluding hydrogens is 240 g/mol. The molecule has 2 nitrogen and oxygen atoms in total. The summed E-state index contributed by atoms with van der Waals surface area (Å²) in [7, 11) is 0. The largest absolute Gasteiger partial charge is 0.368 e. The van der Waals surface area contributed by atoms with Gasteiger partial charge in [-0.25, -0.2) is 0 Å². The van der Waals surface area contributed by atoms with Crippen molar-refractivity contribution in [2.24, 2.45) is 0 Å². The molecular formula is C12H13ClN2S. The highest BCUT2D eigenvalue weighted by molar-refractivity contribution is 7.22. The van der Waals surface area contributed by atoms with E-state index in [2.05, 4.69) is 34.5 Å². The molecule has 3 rings (SSSR count). The van der Waals surface area contributed by atoms with Crippen molar-refractivity contribution in [2.75, 3.05) is 31.1 Å². The maximum Gasteiger partial charge on any atom is 0.0941 e. The van der Waals surface area contributed by atoms with Gasteiger partial charge in [-0.15, -0.1) is 11.3 Å². The number of nitrogens with one attached hydrogen (secondary N) is 1. The van der Waals surface area contributed by atoms with Crippen LogP contribution >= 0.6 is 22.9 Å². The molecule has 4 heteroatoms. The van der Waals surface area contributed by atoms with Crippen LogP contribution in [0.25, 0.3) is 10.1 Å². The number of thiophene rings is 1. The van der Waals surface area contributed by atoms with E-state index in [1.807, 2.05) is 0 Å². The van der Waals surface area contributed by atoms with Gasteiger partial charge in [0.25, 0.3) is 0 Å². The second kappa shape index (κ2) is 4.24. The molecule has 16 heavy (non-hydrogen) atoms. The predicted octanol–water partition coefficient (Wildman–Crippen LogP) is 2.96.